The van der Waals surface area contributed by atoms with Gasteiger partial charge in [-0.25, -0.2) is 0 Å². The maximum Gasteiger partial charge on any atom is 0.253 e. The van der Waals surface area contributed by atoms with Crippen LogP contribution in [0.25, 0.3) is 0 Å². The first-order chi connectivity index (χ1) is 6.54. The fourth-order valence-electron chi connectivity index (χ4n) is 0.853. The Hall–Kier alpha value is -1.13. The molecule has 0 radical (unpaired) electrons. The lowest BCUT2D eigenvalue weighted by molar-refractivity contribution is -0.137. The maximum atomic E-state index is 11.3. The number of amides is 1. The van der Waals surface area contributed by atoms with E-state index >= 15 is 0 Å². The predicted octanol–water partition coefficient (Wildman–Crippen LogP) is -0.185. The van der Waals surface area contributed by atoms with Crippen molar-refractivity contribution >= 4 is 5.91 Å². The summed E-state index contributed by atoms with van der Waals surface area (Å²) in [6.45, 7) is 9.56. The molecule has 1 atom stereocenters. The lowest BCUT2D eigenvalue weighted by Crippen LogP contribution is -2.51. The van der Waals surface area contributed by atoms with Crippen LogP contribution in [0.5, 0.6) is 0 Å². The van der Waals surface area contributed by atoms with Gasteiger partial charge in [-0.15, -0.1) is 13.2 Å². The molecule has 0 aromatic carbocycles. The molecule has 0 spiro atoms. The molecule has 1 unspecified atom stereocenters. The molecule has 1 amide bonds. The van der Waals surface area contributed by atoms with Gasteiger partial charge in [0, 0.05) is 19.6 Å². The highest BCUT2D eigenvalue weighted by atomic mass is 16.3. The fraction of sp³-hybridized carbons (Fsp3) is 0.500. The summed E-state index contributed by atoms with van der Waals surface area (Å²) < 4.78 is 0. The Balaban J connectivity index is 3.94. The van der Waals surface area contributed by atoms with Gasteiger partial charge in [-0.05, 0) is 6.92 Å². The van der Waals surface area contributed by atoms with E-state index < -0.39 is 11.5 Å². The van der Waals surface area contributed by atoms with Gasteiger partial charge in [-0.2, -0.15) is 0 Å². The van der Waals surface area contributed by atoms with Crippen molar-refractivity contribution < 1.29 is 9.90 Å². The van der Waals surface area contributed by atoms with Crippen molar-refractivity contribution in [1.29, 1.82) is 0 Å². The second-order valence-corrected chi connectivity index (χ2v) is 3.19. The summed E-state index contributed by atoms with van der Waals surface area (Å²) in [6, 6.07) is 0. The van der Waals surface area contributed by atoms with E-state index in [0.717, 1.165) is 0 Å². The number of carbonyl (C=O) groups excluding carboxylic acids is 1. The quantitative estimate of drug-likeness (QED) is 0.393. The van der Waals surface area contributed by atoms with Gasteiger partial charge in [0.25, 0.3) is 5.91 Å². The van der Waals surface area contributed by atoms with Crippen LogP contribution in [0, 0.1) is 0 Å². The number of aliphatic hydroxyl groups is 1. The molecule has 0 aliphatic heterocycles. The molecular weight excluding hydrogens is 180 g/mol. The molecular formula is C10H18N2O2. The third kappa shape index (κ3) is 4.79. The van der Waals surface area contributed by atoms with Crippen LogP contribution in [0.4, 0.5) is 0 Å². The molecule has 0 heterocycles. The van der Waals surface area contributed by atoms with Crippen molar-refractivity contribution in [3.8, 4) is 0 Å². The summed E-state index contributed by atoms with van der Waals surface area (Å²) in [4.78, 5) is 11.3. The summed E-state index contributed by atoms with van der Waals surface area (Å²) in [6.07, 6.45) is 3.23. The molecule has 14 heavy (non-hydrogen) atoms. The van der Waals surface area contributed by atoms with E-state index in [-0.39, 0.29) is 6.54 Å². The third-order valence-corrected chi connectivity index (χ3v) is 1.65. The Labute approximate surface area is 84.7 Å². The average molecular weight is 198 g/mol. The molecule has 4 heteroatoms. The Kier molecular flexibility index (Phi) is 5.83. The van der Waals surface area contributed by atoms with Crippen LogP contribution >= 0.6 is 0 Å². The van der Waals surface area contributed by atoms with Crippen LogP contribution in [0.15, 0.2) is 25.3 Å². The lowest BCUT2D eigenvalue weighted by atomic mass is 10.1. The van der Waals surface area contributed by atoms with Crippen molar-refractivity contribution in [1.82, 2.24) is 10.6 Å². The number of carbonyl (C=O) groups is 1. The second kappa shape index (κ2) is 6.34. The Bertz CT molecular complexity index is 212. The molecule has 4 nitrogen and oxygen atoms in total. The van der Waals surface area contributed by atoms with Crippen LogP contribution in [-0.4, -0.2) is 36.2 Å². The van der Waals surface area contributed by atoms with Crippen LogP contribution in [0.2, 0.25) is 0 Å². The van der Waals surface area contributed by atoms with Gasteiger partial charge < -0.3 is 15.7 Å². The highest BCUT2D eigenvalue weighted by molar-refractivity contribution is 5.84. The van der Waals surface area contributed by atoms with Gasteiger partial charge in [0.05, 0.1) is 0 Å². The van der Waals surface area contributed by atoms with Crippen LogP contribution in [-0.2, 0) is 4.79 Å². The summed E-state index contributed by atoms with van der Waals surface area (Å²) in [7, 11) is 0. The zero-order chi connectivity index (χ0) is 11.0. The van der Waals surface area contributed by atoms with Gasteiger partial charge in [-0.3, -0.25) is 4.79 Å². The van der Waals surface area contributed by atoms with Gasteiger partial charge in [0.15, 0.2) is 5.60 Å². The van der Waals surface area contributed by atoms with Crippen LogP contribution < -0.4 is 10.6 Å². The van der Waals surface area contributed by atoms with E-state index in [1.807, 2.05) is 0 Å². The highest BCUT2D eigenvalue weighted by Gasteiger charge is 2.28. The van der Waals surface area contributed by atoms with E-state index in [1.54, 1.807) is 12.2 Å². The minimum Gasteiger partial charge on any atom is -0.379 e. The number of hydrogen-bond donors (Lipinski definition) is 3. The number of nitrogens with one attached hydrogen (secondary N) is 2. The number of hydrogen-bond acceptors (Lipinski definition) is 3. The predicted molar refractivity (Wildman–Crippen MR) is 56.9 cm³/mol. The fourth-order valence-corrected chi connectivity index (χ4v) is 0.853. The summed E-state index contributed by atoms with van der Waals surface area (Å²) in [5.41, 5.74) is -1.40. The van der Waals surface area contributed by atoms with Gasteiger partial charge >= 0.3 is 0 Å². The van der Waals surface area contributed by atoms with Gasteiger partial charge in [-0.1, -0.05) is 12.2 Å². The highest BCUT2D eigenvalue weighted by Crippen LogP contribution is 2.00. The summed E-state index contributed by atoms with van der Waals surface area (Å²) in [5.74, 6) is -0.408. The van der Waals surface area contributed by atoms with Crippen molar-refractivity contribution in [2.24, 2.45) is 0 Å². The molecule has 0 fully saturated rings. The van der Waals surface area contributed by atoms with E-state index in [0.29, 0.717) is 13.1 Å². The molecule has 0 saturated heterocycles. The summed E-state index contributed by atoms with van der Waals surface area (Å²) >= 11 is 0. The Morgan fingerprint density at radius 2 is 2.00 bits per heavy atom. The monoisotopic (exact) mass is 198 g/mol. The van der Waals surface area contributed by atoms with Gasteiger partial charge in [0.2, 0.25) is 0 Å². The Morgan fingerprint density at radius 1 is 1.43 bits per heavy atom. The molecule has 0 aromatic heterocycles. The number of rotatable bonds is 7. The van der Waals surface area contributed by atoms with E-state index in [1.165, 1.54) is 6.92 Å². The molecule has 0 bridgehead atoms. The first kappa shape index (κ1) is 12.9. The average Bonchev–Trinajstić information content (AvgIpc) is 2.14. The first-order valence-electron chi connectivity index (χ1n) is 4.47. The zero-order valence-electron chi connectivity index (χ0n) is 8.55. The standard InChI is InChI=1S/C10H18N2O2/c1-4-6-11-8-10(3,14)9(13)12-7-5-2/h4-5,11,14H,1-2,6-8H2,3H3,(H,12,13). The van der Waals surface area contributed by atoms with Crippen molar-refractivity contribution in [2.45, 2.75) is 12.5 Å². The Morgan fingerprint density at radius 3 is 2.50 bits per heavy atom. The molecule has 80 valence electrons. The molecule has 3 N–H and O–H groups in total. The van der Waals surface area contributed by atoms with E-state index in [4.69, 9.17) is 0 Å². The lowest BCUT2D eigenvalue weighted by Gasteiger charge is -2.21. The molecule has 0 saturated carbocycles. The second-order valence-electron chi connectivity index (χ2n) is 3.19. The van der Waals surface area contributed by atoms with Crippen molar-refractivity contribution in [2.75, 3.05) is 19.6 Å². The SMILES string of the molecule is C=CCNCC(C)(O)C(=O)NCC=C. The summed E-state index contributed by atoms with van der Waals surface area (Å²) in [5, 5.41) is 15.1. The molecule has 0 rings (SSSR count). The topological polar surface area (TPSA) is 61.4 Å². The molecule has 0 aliphatic carbocycles. The largest absolute Gasteiger partial charge is 0.379 e. The minimum atomic E-state index is -1.40. The van der Waals surface area contributed by atoms with Crippen molar-refractivity contribution in [3.05, 3.63) is 25.3 Å². The van der Waals surface area contributed by atoms with Crippen LogP contribution in [0.1, 0.15) is 6.92 Å². The first-order valence-corrected chi connectivity index (χ1v) is 4.47. The molecule has 0 aromatic rings. The van der Waals surface area contributed by atoms with E-state index in [9.17, 15) is 9.90 Å². The third-order valence-electron chi connectivity index (χ3n) is 1.65. The zero-order valence-corrected chi connectivity index (χ0v) is 8.55. The van der Waals surface area contributed by atoms with Crippen molar-refractivity contribution in [3.63, 3.8) is 0 Å². The normalized spacial score (nSPS) is 14.1. The maximum absolute atomic E-state index is 11.3. The minimum absolute atomic E-state index is 0.196. The van der Waals surface area contributed by atoms with E-state index in [2.05, 4.69) is 23.8 Å². The smallest absolute Gasteiger partial charge is 0.253 e. The molecule has 0 aliphatic rings. The van der Waals surface area contributed by atoms with Gasteiger partial charge in [0.1, 0.15) is 0 Å². The van der Waals surface area contributed by atoms with Crippen LogP contribution in [0.3, 0.4) is 0 Å².